The lowest BCUT2D eigenvalue weighted by atomic mass is 9.85. The molecule has 7 heteroatoms. The van der Waals surface area contributed by atoms with Crippen molar-refractivity contribution in [1.82, 2.24) is 9.88 Å². The maximum atomic E-state index is 12.3. The lowest BCUT2D eigenvalue weighted by Gasteiger charge is -2.15. The van der Waals surface area contributed by atoms with E-state index in [1.807, 2.05) is 31.1 Å². The van der Waals surface area contributed by atoms with Crippen molar-refractivity contribution in [2.24, 2.45) is 11.8 Å². The van der Waals surface area contributed by atoms with Gasteiger partial charge in [-0.15, -0.1) is 0 Å². The van der Waals surface area contributed by atoms with Crippen molar-refractivity contribution in [3.05, 3.63) is 30.5 Å². The number of carbonyl (C=O) groups excluding carboxylic acids is 3. The van der Waals surface area contributed by atoms with Gasteiger partial charge < -0.3 is 10.2 Å². The zero-order valence-corrected chi connectivity index (χ0v) is 13.7. The molecule has 7 nitrogen and oxygen atoms in total. The number of amides is 3. The van der Waals surface area contributed by atoms with Gasteiger partial charge in [0.25, 0.3) is 0 Å². The van der Waals surface area contributed by atoms with Crippen LogP contribution in [-0.2, 0) is 14.4 Å². The minimum atomic E-state index is -0.400. The standard InChI is InChI=1S/C17H20N4O3/c1-20(2)14-8-7-11(9-18-14)19-15(22)10-21-16(23)12-5-3-4-6-13(12)17(21)24/h3-4,7-9,12-13H,5-6,10H2,1-2H3,(H,19,22). The molecular formula is C17H20N4O3. The molecule has 0 aromatic carbocycles. The molecule has 1 aromatic heterocycles. The van der Waals surface area contributed by atoms with Crippen molar-refractivity contribution in [2.45, 2.75) is 12.8 Å². The third kappa shape index (κ3) is 3.02. The second kappa shape index (κ2) is 6.43. The summed E-state index contributed by atoms with van der Waals surface area (Å²) in [5.74, 6) is -0.735. The van der Waals surface area contributed by atoms with Crippen molar-refractivity contribution in [3.8, 4) is 0 Å². The van der Waals surface area contributed by atoms with Gasteiger partial charge in [-0.05, 0) is 25.0 Å². The van der Waals surface area contributed by atoms with Gasteiger partial charge >= 0.3 is 0 Å². The van der Waals surface area contributed by atoms with Gasteiger partial charge in [0, 0.05) is 14.1 Å². The van der Waals surface area contributed by atoms with Crippen LogP contribution >= 0.6 is 0 Å². The Morgan fingerprint density at radius 2 is 1.83 bits per heavy atom. The molecule has 1 N–H and O–H groups in total. The Balaban J connectivity index is 1.62. The highest BCUT2D eigenvalue weighted by Gasteiger charge is 2.47. The second-order valence-electron chi connectivity index (χ2n) is 6.27. The largest absolute Gasteiger partial charge is 0.363 e. The average Bonchev–Trinajstić information content (AvgIpc) is 2.81. The molecule has 1 aliphatic carbocycles. The van der Waals surface area contributed by atoms with Crippen LogP contribution in [0.2, 0.25) is 0 Å². The van der Waals surface area contributed by atoms with E-state index in [0.29, 0.717) is 18.5 Å². The molecule has 0 bridgehead atoms. The van der Waals surface area contributed by atoms with E-state index in [4.69, 9.17) is 0 Å². The van der Waals surface area contributed by atoms with E-state index >= 15 is 0 Å². The third-order valence-electron chi connectivity index (χ3n) is 4.39. The highest BCUT2D eigenvalue weighted by Crippen LogP contribution is 2.34. The topological polar surface area (TPSA) is 82.6 Å². The van der Waals surface area contributed by atoms with Gasteiger partial charge in [0.05, 0.1) is 23.7 Å². The molecule has 1 aromatic rings. The van der Waals surface area contributed by atoms with Crippen LogP contribution in [0.25, 0.3) is 0 Å². The number of nitrogens with one attached hydrogen (secondary N) is 1. The number of imide groups is 1. The van der Waals surface area contributed by atoms with E-state index in [9.17, 15) is 14.4 Å². The number of fused-ring (bicyclic) bond motifs is 1. The number of pyridine rings is 1. The highest BCUT2D eigenvalue weighted by molar-refractivity contribution is 6.08. The van der Waals surface area contributed by atoms with E-state index in [0.717, 1.165) is 10.7 Å². The summed E-state index contributed by atoms with van der Waals surface area (Å²) in [6, 6.07) is 3.51. The van der Waals surface area contributed by atoms with Crippen molar-refractivity contribution in [3.63, 3.8) is 0 Å². The summed E-state index contributed by atoms with van der Waals surface area (Å²) in [6.45, 7) is -0.250. The van der Waals surface area contributed by atoms with Gasteiger partial charge in [-0.1, -0.05) is 12.2 Å². The number of hydrogen-bond donors (Lipinski definition) is 1. The van der Waals surface area contributed by atoms with Crippen LogP contribution in [0.3, 0.4) is 0 Å². The Kier molecular flexibility index (Phi) is 4.33. The summed E-state index contributed by atoms with van der Waals surface area (Å²) in [4.78, 5) is 44.0. The Morgan fingerprint density at radius 1 is 1.21 bits per heavy atom. The van der Waals surface area contributed by atoms with Gasteiger partial charge in [-0.2, -0.15) is 0 Å². The molecule has 3 amide bonds. The van der Waals surface area contributed by atoms with E-state index in [1.165, 1.54) is 0 Å². The third-order valence-corrected chi connectivity index (χ3v) is 4.39. The molecular weight excluding hydrogens is 308 g/mol. The Labute approximate surface area is 140 Å². The van der Waals surface area contributed by atoms with Crippen LogP contribution in [0.15, 0.2) is 30.5 Å². The van der Waals surface area contributed by atoms with Crippen LogP contribution in [0, 0.1) is 11.8 Å². The van der Waals surface area contributed by atoms with Crippen molar-refractivity contribution in [2.75, 3.05) is 30.9 Å². The predicted octanol–water partition coefficient (Wildman–Crippen LogP) is 1.04. The van der Waals surface area contributed by atoms with Gasteiger partial charge in [0.2, 0.25) is 17.7 Å². The smallest absolute Gasteiger partial charge is 0.244 e. The van der Waals surface area contributed by atoms with Crippen molar-refractivity contribution in [1.29, 1.82) is 0 Å². The predicted molar refractivity (Wildman–Crippen MR) is 89.3 cm³/mol. The first kappa shape index (κ1) is 16.2. The molecule has 24 heavy (non-hydrogen) atoms. The fourth-order valence-electron chi connectivity index (χ4n) is 3.09. The van der Waals surface area contributed by atoms with Crippen LogP contribution in [0.5, 0.6) is 0 Å². The number of carbonyl (C=O) groups is 3. The lowest BCUT2D eigenvalue weighted by Crippen LogP contribution is -2.38. The number of anilines is 2. The molecule has 1 aliphatic heterocycles. The molecule has 1 saturated heterocycles. The molecule has 2 atom stereocenters. The van der Waals surface area contributed by atoms with E-state index in [-0.39, 0.29) is 30.2 Å². The van der Waals surface area contributed by atoms with Crippen LogP contribution in [0.4, 0.5) is 11.5 Å². The molecule has 2 heterocycles. The quantitative estimate of drug-likeness (QED) is 0.659. The van der Waals surface area contributed by atoms with Gasteiger partial charge in [-0.3, -0.25) is 19.3 Å². The van der Waals surface area contributed by atoms with Crippen molar-refractivity contribution < 1.29 is 14.4 Å². The second-order valence-corrected chi connectivity index (χ2v) is 6.27. The normalized spacial score (nSPS) is 22.5. The summed E-state index contributed by atoms with van der Waals surface area (Å²) < 4.78 is 0. The maximum Gasteiger partial charge on any atom is 0.244 e. The molecule has 2 aliphatic rings. The van der Waals surface area contributed by atoms with E-state index in [2.05, 4.69) is 10.3 Å². The number of rotatable bonds is 4. The number of hydrogen-bond acceptors (Lipinski definition) is 5. The van der Waals surface area contributed by atoms with E-state index < -0.39 is 5.91 Å². The highest BCUT2D eigenvalue weighted by atomic mass is 16.2. The zero-order valence-electron chi connectivity index (χ0n) is 13.7. The van der Waals surface area contributed by atoms with Crippen LogP contribution < -0.4 is 10.2 Å². The average molecular weight is 328 g/mol. The Bertz CT molecular complexity index is 670. The lowest BCUT2D eigenvalue weighted by molar-refractivity contribution is -0.142. The number of nitrogens with zero attached hydrogens (tertiary/aromatic N) is 3. The Morgan fingerprint density at radius 3 is 2.33 bits per heavy atom. The van der Waals surface area contributed by atoms with Crippen LogP contribution in [0.1, 0.15) is 12.8 Å². The summed E-state index contributed by atoms with van der Waals surface area (Å²) >= 11 is 0. The van der Waals surface area contributed by atoms with Gasteiger partial charge in [0.15, 0.2) is 0 Å². The van der Waals surface area contributed by atoms with Crippen molar-refractivity contribution >= 4 is 29.2 Å². The molecule has 126 valence electrons. The minimum absolute atomic E-state index is 0.245. The molecule has 0 radical (unpaired) electrons. The summed E-state index contributed by atoms with van der Waals surface area (Å²) in [5.41, 5.74) is 0.531. The molecule has 2 unspecified atom stereocenters. The monoisotopic (exact) mass is 328 g/mol. The Hall–Kier alpha value is -2.70. The minimum Gasteiger partial charge on any atom is -0.363 e. The fourth-order valence-corrected chi connectivity index (χ4v) is 3.09. The maximum absolute atomic E-state index is 12.3. The van der Waals surface area contributed by atoms with Crippen LogP contribution in [-0.4, -0.2) is 48.2 Å². The number of allylic oxidation sites excluding steroid dienone is 2. The summed E-state index contributed by atoms with van der Waals surface area (Å²) in [7, 11) is 3.75. The summed E-state index contributed by atoms with van der Waals surface area (Å²) in [6.07, 6.45) is 6.54. The van der Waals surface area contributed by atoms with Gasteiger partial charge in [0.1, 0.15) is 12.4 Å². The number of aromatic nitrogens is 1. The zero-order chi connectivity index (χ0) is 17.3. The molecule has 0 saturated carbocycles. The first-order valence-corrected chi connectivity index (χ1v) is 7.91. The SMILES string of the molecule is CN(C)c1ccc(NC(=O)CN2C(=O)C3CC=CCC3C2=O)cn1. The first-order chi connectivity index (χ1) is 11.5. The summed E-state index contributed by atoms with van der Waals surface area (Å²) in [5, 5.41) is 2.68. The first-order valence-electron chi connectivity index (χ1n) is 7.91. The molecule has 3 rings (SSSR count). The van der Waals surface area contributed by atoms with Gasteiger partial charge in [-0.25, -0.2) is 4.98 Å². The molecule has 1 fully saturated rings. The fraction of sp³-hybridized carbons (Fsp3) is 0.412. The van der Waals surface area contributed by atoms with E-state index in [1.54, 1.807) is 18.3 Å². The number of likely N-dealkylation sites (tertiary alicyclic amines) is 1. The molecule has 0 spiro atoms.